The van der Waals surface area contributed by atoms with E-state index in [4.69, 9.17) is 6.42 Å². The van der Waals surface area contributed by atoms with Gasteiger partial charge in [0.25, 0.3) is 0 Å². The molecule has 2 nitrogen and oxygen atoms in total. The molecular weight excluding hydrogens is 296 g/mol. The van der Waals surface area contributed by atoms with Gasteiger partial charge in [-0.2, -0.15) is 0 Å². The number of terminal acetylenes is 1. The van der Waals surface area contributed by atoms with Crippen LogP contribution in [0.3, 0.4) is 0 Å². The summed E-state index contributed by atoms with van der Waals surface area (Å²) in [5, 5.41) is 21.3. The number of aliphatic hydroxyl groups is 2. The van der Waals surface area contributed by atoms with E-state index in [2.05, 4.69) is 19.4 Å². The van der Waals surface area contributed by atoms with Gasteiger partial charge in [0.2, 0.25) is 0 Å². The van der Waals surface area contributed by atoms with Crippen LogP contribution in [0.4, 0.5) is 0 Å². The summed E-state index contributed by atoms with van der Waals surface area (Å²) in [6.45, 7) is 6.72. The first-order chi connectivity index (χ1) is 11.5. The Kier molecular flexibility index (Phi) is 3.90. The largest absolute Gasteiger partial charge is 0.393 e. The van der Waals surface area contributed by atoms with E-state index in [9.17, 15) is 10.2 Å². The Labute approximate surface area is 146 Å². The van der Waals surface area contributed by atoms with Crippen LogP contribution >= 0.6 is 0 Å². The zero-order chi connectivity index (χ0) is 17.1. The topological polar surface area (TPSA) is 40.5 Å². The maximum Gasteiger partial charge on any atom is 0.131 e. The lowest BCUT2D eigenvalue weighted by atomic mass is 9.47. The lowest BCUT2D eigenvalue weighted by Crippen LogP contribution is -2.55. The van der Waals surface area contributed by atoms with Crippen LogP contribution in [0.1, 0.15) is 64.7 Å². The van der Waals surface area contributed by atoms with E-state index in [1.165, 1.54) is 18.4 Å². The Morgan fingerprint density at radius 2 is 1.96 bits per heavy atom. The van der Waals surface area contributed by atoms with Gasteiger partial charge in [-0.3, -0.25) is 0 Å². The molecule has 0 heterocycles. The lowest BCUT2D eigenvalue weighted by molar-refractivity contribution is -0.0984. The maximum absolute atomic E-state index is 11.2. The first kappa shape index (κ1) is 16.7. The van der Waals surface area contributed by atoms with Crippen LogP contribution in [0.2, 0.25) is 0 Å². The normalized spacial score (nSPS) is 53.7. The molecule has 4 rings (SSSR count). The molecule has 0 bridgehead atoms. The van der Waals surface area contributed by atoms with Crippen LogP contribution in [0.15, 0.2) is 12.2 Å². The number of aliphatic hydroxyl groups excluding tert-OH is 1. The molecule has 2 N–H and O–H groups in total. The first-order valence-corrected chi connectivity index (χ1v) is 10.0. The summed E-state index contributed by atoms with van der Waals surface area (Å²) in [4.78, 5) is 0. The van der Waals surface area contributed by atoms with E-state index in [1.807, 2.05) is 0 Å². The van der Waals surface area contributed by atoms with Gasteiger partial charge in [0, 0.05) is 5.41 Å². The van der Waals surface area contributed by atoms with E-state index < -0.39 is 5.60 Å². The van der Waals surface area contributed by atoms with E-state index >= 15 is 0 Å². The van der Waals surface area contributed by atoms with Gasteiger partial charge in [-0.05, 0) is 87.4 Å². The van der Waals surface area contributed by atoms with E-state index in [1.54, 1.807) is 0 Å². The molecule has 0 aliphatic heterocycles. The Balaban J connectivity index is 1.69. The molecule has 4 fully saturated rings. The van der Waals surface area contributed by atoms with Crippen LogP contribution in [0, 0.1) is 47.3 Å². The fourth-order valence-electron chi connectivity index (χ4n) is 7.54. The molecule has 4 saturated carbocycles. The van der Waals surface area contributed by atoms with Gasteiger partial charge < -0.3 is 10.2 Å². The Morgan fingerprint density at radius 3 is 2.67 bits per heavy atom. The molecule has 0 saturated heterocycles. The van der Waals surface area contributed by atoms with Gasteiger partial charge >= 0.3 is 0 Å². The molecular formula is C22H32O2. The third kappa shape index (κ3) is 2.04. The minimum Gasteiger partial charge on any atom is -0.393 e. The molecule has 2 heteroatoms. The van der Waals surface area contributed by atoms with Crippen molar-refractivity contribution in [3.8, 4) is 12.3 Å². The number of allylic oxidation sites excluding steroid dienone is 1. The fraction of sp³-hybridized carbons (Fsp3) is 0.818. The quantitative estimate of drug-likeness (QED) is 0.566. The second kappa shape index (κ2) is 5.61. The second-order valence-electron chi connectivity index (χ2n) is 9.15. The van der Waals surface area contributed by atoms with Crippen molar-refractivity contribution in [1.29, 1.82) is 0 Å². The van der Waals surface area contributed by atoms with Crippen LogP contribution < -0.4 is 0 Å². The van der Waals surface area contributed by atoms with E-state index in [0.717, 1.165) is 44.9 Å². The van der Waals surface area contributed by atoms with Gasteiger partial charge in [0.15, 0.2) is 0 Å². The lowest BCUT2D eigenvalue weighted by Gasteiger charge is -2.58. The van der Waals surface area contributed by atoms with Crippen molar-refractivity contribution >= 4 is 0 Å². The molecule has 24 heavy (non-hydrogen) atoms. The molecule has 0 aromatic carbocycles. The summed E-state index contributed by atoms with van der Waals surface area (Å²) in [5.41, 5.74) is 0.251. The van der Waals surface area contributed by atoms with Gasteiger partial charge in [-0.25, -0.2) is 0 Å². The average Bonchev–Trinajstić information content (AvgIpc) is 2.88. The van der Waals surface area contributed by atoms with Gasteiger partial charge in [-0.15, -0.1) is 6.42 Å². The third-order valence-electron chi connectivity index (χ3n) is 8.56. The smallest absolute Gasteiger partial charge is 0.131 e. The summed E-state index contributed by atoms with van der Waals surface area (Å²) < 4.78 is 0. The van der Waals surface area contributed by atoms with Crippen molar-refractivity contribution in [2.45, 2.75) is 76.4 Å². The predicted octanol–water partition coefficient (Wildman–Crippen LogP) is 3.92. The minimum absolute atomic E-state index is 0.0904. The average molecular weight is 328 g/mol. The summed E-state index contributed by atoms with van der Waals surface area (Å²) in [7, 11) is 0. The summed E-state index contributed by atoms with van der Waals surface area (Å²) >= 11 is 0. The van der Waals surface area contributed by atoms with Crippen molar-refractivity contribution < 1.29 is 10.2 Å². The molecule has 0 radical (unpaired) electrons. The van der Waals surface area contributed by atoms with Crippen LogP contribution in [-0.2, 0) is 0 Å². The molecule has 0 aromatic rings. The standard InChI is InChI=1S/C22H32O2/c1-4-21-13-14(3)20-17-9-7-16(23)12-15(17)6-8-18(20)19(21)10-11-22(21,24)5-2/h2,15-20,23-24H,3-4,6-13H2,1H3/t15-,16+,17+,18+,19+,20-,21+,22+/m1/s1. The summed E-state index contributed by atoms with van der Waals surface area (Å²) in [6, 6.07) is 0. The van der Waals surface area contributed by atoms with E-state index in [0.29, 0.717) is 29.6 Å². The molecule has 4 aliphatic carbocycles. The second-order valence-corrected chi connectivity index (χ2v) is 9.15. The van der Waals surface area contributed by atoms with Crippen molar-refractivity contribution in [3.05, 3.63) is 12.2 Å². The molecule has 0 aromatic heterocycles. The number of fused-ring (bicyclic) bond motifs is 5. The summed E-state index contributed by atoms with van der Waals surface area (Å²) in [5.74, 6) is 5.96. The zero-order valence-electron chi connectivity index (χ0n) is 15.0. The van der Waals surface area contributed by atoms with Crippen LogP contribution in [0.5, 0.6) is 0 Å². The van der Waals surface area contributed by atoms with Crippen molar-refractivity contribution in [1.82, 2.24) is 0 Å². The number of rotatable bonds is 1. The fourth-order valence-corrected chi connectivity index (χ4v) is 7.54. The van der Waals surface area contributed by atoms with Crippen molar-refractivity contribution in [3.63, 3.8) is 0 Å². The maximum atomic E-state index is 11.2. The predicted molar refractivity (Wildman–Crippen MR) is 96.0 cm³/mol. The van der Waals surface area contributed by atoms with Crippen LogP contribution in [-0.4, -0.2) is 21.9 Å². The molecule has 4 aliphatic rings. The highest BCUT2D eigenvalue weighted by atomic mass is 16.3. The Hall–Kier alpha value is -0.780. The highest BCUT2D eigenvalue weighted by molar-refractivity contribution is 5.30. The molecule has 0 spiro atoms. The number of hydrogen-bond acceptors (Lipinski definition) is 2. The van der Waals surface area contributed by atoms with Gasteiger partial charge in [-0.1, -0.05) is 25.0 Å². The minimum atomic E-state index is -0.945. The van der Waals surface area contributed by atoms with Gasteiger partial charge in [0.05, 0.1) is 6.10 Å². The van der Waals surface area contributed by atoms with Crippen LogP contribution in [0.25, 0.3) is 0 Å². The highest BCUT2D eigenvalue weighted by Crippen LogP contribution is 2.67. The van der Waals surface area contributed by atoms with Gasteiger partial charge in [0.1, 0.15) is 5.60 Å². The Morgan fingerprint density at radius 1 is 1.21 bits per heavy atom. The SMILES string of the molecule is C#C[C@]1(O)CC[C@H]2[C@@H]3CC[C@@H]4C[C@@H](O)CC[C@@H]4[C@H]3C(=C)C[C@@]21CC. The van der Waals surface area contributed by atoms with Crippen molar-refractivity contribution in [2.24, 2.45) is 35.0 Å². The molecule has 0 unspecified atom stereocenters. The van der Waals surface area contributed by atoms with Crippen molar-refractivity contribution in [2.75, 3.05) is 0 Å². The third-order valence-corrected chi connectivity index (χ3v) is 8.56. The zero-order valence-corrected chi connectivity index (χ0v) is 15.0. The molecule has 132 valence electrons. The summed E-state index contributed by atoms with van der Waals surface area (Å²) in [6.07, 6.45) is 15.0. The number of hydrogen-bond donors (Lipinski definition) is 2. The Bertz CT molecular complexity index is 575. The molecule has 0 amide bonds. The first-order valence-electron chi connectivity index (χ1n) is 10.0. The monoisotopic (exact) mass is 328 g/mol. The van der Waals surface area contributed by atoms with E-state index in [-0.39, 0.29) is 11.5 Å². The highest BCUT2D eigenvalue weighted by Gasteiger charge is 2.64. The molecule has 8 atom stereocenters.